The summed E-state index contributed by atoms with van der Waals surface area (Å²) in [5.74, 6) is 0.398. The van der Waals surface area contributed by atoms with Crippen molar-refractivity contribution >= 4 is 11.6 Å². The number of hydrogen-bond donors (Lipinski definition) is 0. The van der Waals surface area contributed by atoms with Crippen LogP contribution in [0.3, 0.4) is 0 Å². The smallest absolute Gasteiger partial charge is 0.0992 e. The summed E-state index contributed by atoms with van der Waals surface area (Å²) in [6.07, 6.45) is 1.02. The van der Waals surface area contributed by atoms with Crippen LogP contribution in [0.15, 0.2) is 18.2 Å². The Morgan fingerprint density at radius 1 is 1.50 bits per heavy atom. The summed E-state index contributed by atoms with van der Waals surface area (Å²) in [7, 11) is 0. The number of nitriles is 1. The average molecular weight is 208 g/mol. The second-order valence-electron chi connectivity index (χ2n) is 3.41. The lowest BCUT2D eigenvalue weighted by atomic mass is 9.97. The molecule has 0 amide bonds. The lowest BCUT2D eigenvalue weighted by molar-refractivity contribution is 0.194. The lowest BCUT2D eigenvalue weighted by Crippen LogP contribution is -1.98. The van der Waals surface area contributed by atoms with Gasteiger partial charge < -0.3 is 4.74 Å². The molecule has 1 aliphatic heterocycles. The van der Waals surface area contributed by atoms with Crippen LogP contribution in [0.25, 0.3) is 0 Å². The van der Waals surface area contributed by atoms with Gasteiger partial charge in [-0.25, -0.2) is 0 Å². The highest BCUT2D eigenvalue weighted by Gasteiger charge is 2.19. The second kappa shape index (κ2) is 4.00. The molecule has 1 aliphatic rings. The number of rotatable bonds is 1. The Morgan fingerprint density at radius 3 is 2.93 bits per heavy atom. The van der Waals surface area contributed by atoms with E-state index in [9.17, 15) is 0 Å². The molecule has 1 fully saturated rings. The first-order chi connectivity index (χ1) is 6.81. The highest BCUT2D eigenvalue weighted by molar-refractivity contribution is 6.31. The zero-order chi connectivity index (χ0) is 9.97. The van der Waals surface area contributed by atoms with Crippen molar-refractivity contribution in [3.63, 3.8) is 0 Å². The van der Waals surface area contributed by atoms with Crippen LogP contribution in [0.1, 0.15) is 23.5 Å². The van der Waals surface area contributed by atoms with Crippen molar-refractivity contribution in [2.45, 2.75) is 12.3 Å². The van der Waals surface area contributed by atoms with Crippen molar-refractivity contribution in [1.29, 1.82) is 5.26 Å². The minimum absolute atomic E-state index is 0.398. The van der Waals surface area contributed by atoms with Crippen LogP contribution in [0.5, 0.6) is 0 Å². The molecule has 0 bridgehead atoms. The average Bonchev–Trinajstić information content (AvgIpc) is 2.70. The predicted octanol–water partition coefficient (Wildman–Crippen LogP) is 2.72. The van der Waals surface area contributed by atoms with Crippen LogP contribution >= 0.6 is 11.6 Å². The summed E-state index contributed by atoms with van der Waals surface area (Å²) in [6.45, 7) is 1.55. The molecular weight excluding hydrogens is 198 g/mol. The zero-order valence-electron chi connectivity index (χ0n) is 7.66. The Kier molecular flexibility index (Phi) is 2.72. The summed E-state index contributed by atoms with van der Waals surface area (Å²) < 4.78 is 5.30. The van der Waals surface area contributed by atoms with Crippen molar-refractivity contribution in [3.05, 3.63) is 34.3 Å². The van der Waals surface area contributed by atoms with Crippen molar-refractivity contribution in [1.82, 2.24) is 0 Å². The van der Waals surface area contributed by atoms with Crippen molar-refractivity contribution in [3.8, 4) is 6.07 Å². The normalized spacial score (nSPS) is 20.7. The van der Waals surface area contributed by atoms with E-state index in [1.54, 1.807) is 12.1 Å². The van der Waals surface area contributed by atoms with E-state index in [-0.39, 0.29) is 0 Å². The third-order valence-electron chi connectivity index (χ3n) is 2.50. The van der Waals surface area contributed by atoms with Crippen LogP contribution in [0, 0.1) is 11.3 Å². The van der Waals surface area contributed by atoms with Gasteiger partial charge >= 0.3 is 0 Å². The SMILES string of the molecule is N#Cc1ccc(C2CCOC2)c(Cl)c1. The molecule has 1 aromatic rings. The molecule has 14 heavy (non-hydrogen) atoms. The monoisotopic (exact) mass is 207 g/mol. The summed E-state index contributed by atoms with van der Waals surface area (Å²) >= 11 is 6.08. The molecule has 0 N–H and O–H groups in total. The fourth-order valence-corrected chi connectivity index (χ4v) is 2.04. The van der Waals surface area contributed by atoms with Crippen molar-refractivity contribution in [2.75, 3.05) is 13.2 Å². The maximum absolute atomic E-state index is 8.68. The molecule has 3 heteroatoms. The number of benzene rings is 1. The quantitative estimate of drug-likeness (QED) is 0.710. The molecule has 2 nitrogen and oxygen atoms in total. The van der Waals surface area contributed by atoms with Gasteiger partial charge in [0.05, 0.1) is 18.2 Å². The van der Waals surface area contributed by atoms with E-state index in [0.717, 1.165) is 25.2 Å². The molecule has 0 saturated carbocycles. The fraction of sp³-hybridized carbons (Fsp3) is 0.364. The number of nitrogens with zero attached hydrogens (tertiary/aromatic N) is 1. The summed E-state index contributed by atoms with van der Waals surface area (Å²) in [4.78, 5) is 0. The van der Waals surface area contributed by atoms with Gasteiger partial charge in [-0.3, -0.25) is 0 Å². The highest BCUT2D eigenvalue weighted by atomic mass is 35.5. The van der Waals surface area contributed by atoms with Gasteiger partial charge in [0.15, 0.2) is 0 Å². The van der Waals surface area contributed by atoms with Crippen molar-refractivity contribution < 1.29 is 4.74 Å². The molecule has 1 atom stereocenters. The van der Waals surface area contributed by atoms with Gasteiger partial charge in [0, 0.05) is 17.5 Å². The zero-order valence-corrected chi connectivity index (χ0v) is 8.42. The van der Waals surface area contributed by atoms with E-state index in [0.29, 0.717) is 16.5 Å². The third kappa shape index (κ3) is 1.75. The first kappa shape index (κ1) is 9.51. The van der Waals surface area contributed by atoms with Crippen LogP contribution < -0.4 is 0 Å². The van der Waals surface area contributed by atoms with Crippen LogP contribution in [-0.4, -0.2) is 13.2 Å². The van der Waals surface area contributed by atoms with E-state index >= 15 is 0 Å². The van der Waals surface area contributed by atoms with E-state index in [1.165, 1.54) is 0 Å². The molecule has 1 aromatic carbocycles. The van der Waals surface area contributed by atoms with Gasteiger partial charge in [0.2, 0.25) is 0 Å². The van der Waals surface area contributed by atoms with E-state index < -0.39 is 0 Å². The van der Waals surface area contributed by atoms with E-state index in [2.05, 4.69) is 6.07 Å². The Labute approximate surface area is 88.1 Å². The largest absolute Gasteiger partial charge is 0.381 e. The van der Waals surface area contributed by atoms with Gasteiger partial charge in [-0.2, -0.15) is 5.26 Å². The van der Waals surface area contributed by atoms with Gasteiger partial charge in [-0.1, -0.05) is 17.7 Å². The molecular formula is C11H10ClNO. The maximum Gasteiger partial charge on any atom is 0.0992 e. The Morgan fingerprint density at radius 2 is 2.36 bits per heavy atom. The Balaban J connectivity index is 2.30. The van der Waals surface area contributed by atoms with Crippen LogP contribution in [-0.2, 0) is 4.74 Å². The molecule has 2 rings (SSSR count). The molecule has 1 unspecified atom stereocenters. The first-order valence-electron chi connectivity index (χ1n) is 4.58. The maximum atomic E-state index is 8.68. The minimum atomic E-state index is 0.398. The topological polar surface area (TPSA) is 33.0 Å². The highest BCUT2D eigenvalue weighted by Crippen LogP contribution is 2.31. The molecule has 72 valence electrons. The van der Waals surface area contributed by atoms with Gasteiger partial charge in [-0.05, 0) is 24.1 Å². The fourth-order valence-electron chi connectivity index (χ4n) is 1.71. The second-order valence-corrected chi connectivity index (χ2v) is 3.82. The van der Waals surface area contributed by atoms with Crippen LogP contribution in [0.4, 0.5) is 0 Å². The molecule has 0 aromatic heterocycles. The summed E-state index contributed by atoms with van der Waals surface area (Å²) in [5, 5.41) is 9.37. The first-order valence-corrected chi connectivity index (χ1v) is 4.96. The summed E-state index contributed by atoms with van der Waals surface area (Å²) in [6, 6.07) is 7.52. The van der Waals surface area contributed by atoms with Crippen molar-refractivity contribution in [2.24, 2.45) is 0 Å². The molecule has 0 aliphatic carbocycles. The van der Waals surface area contributed by atoms with Gasteiger partial charge in [0.1, 0.15) is 0 Å². The molecule has 0 spiro atoms. The van der Waals surface area contributed by atoms with E-state index in [4.69, 9.17) is 21.6 Å². The molecule has 0 radical (unpaired) electrons. The number of halogens is 1. The Bertz CT molecular complexity index is 377. The van der Waals surface area contributed by atoms with Gasteiger partial charge in [0.25, 0.3) is 0 Å². The van der Waals surface area contributed by atoms with Gasteiger partial charge in [-0.15, -0.1) is 0 Å². The Hall–Kier alpha value is -1.04. The molecule has 1 saturated heterocycles. The van der Waals surface area contributed by atoms with E-state index in [1.807, 2.05) is 6.07 Å². The number of hydrogen-bond acceptors (Lipinski definition) is 2. The number of ether oxygens (including phenoxy) is 1. The standard InChI is InChI=1S/C11H10ClNO/c12-11-5-8(6-13)1-2-10(11)9-3-4-14-7-9/h1-2,5,9H,3-4,7H2. The molecule has 1 heterocycles. The van der Waals surface area contributed by atoms with Crippen LogP contribution in [0.2, 0.25) is 5.02 Å². The minimum Gasteiger partial charge on any atom is -0.381 e. The predicted molar refractivity (Wildman–Crippen MR) is 54.3 cm³/mol. The lowest BCUT2D eigenvalue weighted by Gasteiger charge is -2.09. The third-order valence-corrected chi connectivity index (χ3v) is 2.83. The summed E-state index contributed by atoms with van der Waals surface area (Å²) in [5.41, 5.74) is 1.71.